The quantitative estimate of drug-likeness (QED) is 0.845. The second kappa shape index (κ2) is 6.65. The Bertz CT molecular complexity index is 571. The lowest BCUT2D eigenvalue weighted by molar-refractivity contribution is 0.0737. The fourth-order valence-corrected chi connectivity index (χ4v) is 1.98. The van der Waals surface area contributed by atoms with E-state index in [1.54, 1.807) is 11.1 Å². The van der Waals surface area contributed by atoms with Crippen molar-refractivity contribution in [2.45, 2.75) is 19.9 Å². The molecule has 0 saturated carbocycles. The number of para-hydroxylation sites is 1. The van der Waals surface area contributed by atoms with Crippen LogP contribution in [0.4, 0.5) is 5.69 Å². The van der Waals surface area contributed by atoms with Crippen LogP contribution in [0.2, 0.25) is 0 Å². The molecule has 0 saturated heterocycles. The average molecular weight is 270 g/mol. The number of anilines is 1. The molecule has 0 bridgehead atoms. The lowest BCUT2D eigenvalue weighted by atomic mass is 10.1. The number of rotatable bonds is 5. The third kappa shape index (κ3) is 3.32. The molecule has 1 aromatic carbocycles. The molecule has 5 heteroatoms. The number of aromatic nitrogens is 2. The van der Waals surface area contributed by atoms with Gasteiger partial charge in [0, 0.05) is 31.2 Å². The zero-order chi connectivity index (χ0) is 14.4. The van der Waals surface area contributed by atoms with Crippen molar-refractivity contribution in [3.05, 3.63) is 54.1 Å². The Morgan fingerprint density at radius 2 is 2.10 bits per heavy atom. The topological polar surface area (TPSA) is 72.1 Å². The number of carbonyl (C=O) groups is 1. The zero-order valence-electron chi connectivity index (χ0n) is 11.5. The van der Waals surface area contributed by atoms with E-state index in [0.717, 1.165) is 12.0 Å². The number of nitrogen functional groups attached to an aromatic ring is 1. The molecule has 0 fully saturated rings. The fourth-order valence-electron chi connectivity index (χ4n) is 1.98. The summed E-state index contributed by atoms with van der Waals surface area (Å²) in [6, 6.07) is 7.57. The highest BCUT2D eigenvalue weighted by Gasteiger charge is 2.17. The second-order valence-electron chi connectivity index (χ2n) is 4.52. The number of benzene rings is 1. The predicted molar refractivity (Wildman–Crippen MR) is 77.9 cm³/mol. The standard InChI is InChI=1S/C15H18N4O/c1-2-9-19(11-12-5-3-4-6-13(12)16)15(20)14-10-17-7-8-18-14/h3-8,10H,2,9,11,16H2,1H3. The smallest absolute Gasteiger partial charge is 0.274 e. The van der Waals surface area contributed by atoms with Crippen molar-refractivity contribution in [2.24, 2.45) is 0 Å². The van der Waals surface area contributed by atoms with Gasteiger partial charge in [-0.15, -0.1) is 0 Å². The molecule has 2 rings (SSSR count). The van der Waals surface area contributed by atoms with Crippen LogP contribution in [-0.4, -0.2) is 27.3 Å². The van der Waals surface area contributed by atoms with Crippen LogP contribution in [0.15, 0.2) is 42.9 Å². The van der Waals surface area contributed by atoms with Gasteiger partial charge in [0.25, 0.3) is 5.91 Å². The molecule has 0 aliphatic heterocycles. The molecule has 20 heavy (non-hydrogen) atoms. The molecule has 5 nitrogen and oxygen atoms in total. The van der Waals surface area contributed by atoms with Gasteiger partial charge in [-0.3, -0.25) is 9.78 Å². The lowest BCUT2D eigenvalue weighted by Crippen LogP contribution is -2.32. The summed E-state index contributed by atoms with van der Waals surface area (Å²) in [5, 5.41) is 0. The maximum absolute atomic E-state index is 12.4. The highest BCUT2D eigenvalue weighted by Crippen LogP contribution is 2.15. The monoisotopic (exact) mass is 270 g/mol. The molecule has 2 N–H and O–H groups in total. The molecule has 0 radical (unpaired) electrons. The minimum absolute atomic E-state index is 0.122. The van der Waals surface area contributed by atoms with Crippen LogP contribution in [0, 0.1) is 0 Å². The number of carbonyl (C=O) groups excluding carboxylic acids is 1. The van der Waals surface area contributed by atoms with E-state index in [1.165, 1.54) is 12.4 Å². The van der Waals surface area contributed by atoms with E-state index in [9.17, 15) is 4.79 Å². The number of nitrogens with zero attached hydrogens (tertiary/aromatic N) is 3. The van der Waals surface area contributed by atoms with Crippen LogP contribution in [0.1, 0.15) is 29.4 Å². The van der Waals surface area contributed by atoms with E-state index in [4.69, 9.17) is 5.73 Å². The van der Waals surface area contributed by atoms with Crippen molar-refractivity contribution in [1.82, 2.24) is 14.9 Å². The van der Waals surface area contributed by atoms with Gasteiger partial charge in [0.1, 0.15) is 5.69 Å². The molecule has 0 aliphatic carbocycles. The number of amides is 1. The molecule has 1 amide bonds. The van der Waals surface area contributed by atoms with Crippen LogP contribution < -0.4 is 5.73 Å². The van der Waals surface area contributed by atoms with Crippen molar-refractivity contribution in [3.63, 3.8) is 0 Å². The summed E-state index contributed by atoms with van der Waals surface area (Å²) in [5.74, 6) is -0.122. The lowest BCUT2D eigenvalue weighted by Gasteiger charge is -2.22. The Labute approximate surface area is 118 Å². The minimum atomic E-state index is -0.122. The molecule has 0 atom stereocenters. The maximum atomic E-state index is 12.4. The van der Waals surface area contributed by atoms with Gasteiger partial charge in [-0.2, -0.15) is 0 Å². The first-order valence-electron chi connectivity index (χ1n) is 6.61. The molecule has 0 spiro atoms. The predicted octanol–water partition coefficient (Wildman–Crippen LogP) is 2.11. The molecule has 1 aromatic heterocycles. The first-order valence-corrected chi connectivity index (χ1v) is 6.61. The first-order chi connectivity index (χ1) is 9.72. The normalized spacial score (nSPS) is 10.2. The second-order valence-corrected chi connectivity index (χ2v) is 4.52. The Balaban J connectivity index is 2.19. The van der Waals surface area contributed by atoms with Crippen molar-refractivity contribution < 1.29 is 4.79 Å². The SMILES string of the molecule is CCCN(Cc1ccccc1N)C(=O)c1cnccn1. The summed E-state index contributed by atoms with van der Waals surface area (Å²) < 4.78 is 0. The minimum Gasteiger partial charge on any atom is -0.398 e. The van der Waals surface area contributed by atoms with Crippen molar-refractivity contribution in [2.75, 3.05) is 12.3 Å². The Kier molecular flexibility index (Phi) is 4.65. The molecule has 0 unspecified atom stereocenters. The van der Waals surface area contributed by atoms with E-state index in [2.05, 4.69) is 9.97 Å². The summed E-state index contributed by atoms with van der Waals surface area (Å²) in [7, 11) is 0. The van der Waals surface area contributed by atoms with Crippen LogP contribution in [0.5, 0.6) is 0 Å². The van der Waals surface area contributed by atoms with Crippen LogP contribution in [0.3, 0.4) is 0 Å². The average Bonchev–Trinajstić information content (AvgIpc) is 2.49. The molecule has 0 aliphatic rings. The van der Waals surface area contributed by atoms with E-state index in [-0.39, 0.29) is 5.91 Å². The van der Waals surface area contributed by atoms with Crippen molar-refractivity contribution in [3.8, 4) is 0 Å². The van der Waals surface area contributed by atoms with E-state index in [1.807, 2.05) is 31.2 Å². The summed E-state index contributed by atoms with van der Waals surface area (Å²) in [5.41, 5.74) is 7.93. The van der Waals surface area contributed by atoms with E-state index in [0.29, 0.717) is 24.5 Å². The number of hydrogen-bond acceptors (Lipinski definition) is 4. The third-order valence-electron chi connectivity index (χ3n) is 2.98. The number of nitrogens with two attached hydrogens (primary N) is 1. The van der Waals surface area contributed by atoms with Gasteiger partial charge in [0.15, 0.2) is 0 Å². The summed E-state index contributed by atoms with van der Waals surface area (Å²) in [6.45, 7) is 3.17. The van der Waals surface area contributed by atoms with Gasteiger partial charge in [-0.25, -0.2) is 4.98 Å². The van der Waals surface area contributed by atoms with Gasteiger partial charge < -0.3 is 10.6 Å². The van der Waals surface area contributed by atoms with Crippen molar-refractivity contribution in [1.29, 1.82) is 0 Å². The highest BCUT2D eigenvalue weighted by atomic mass is 16.2. The summed E-state index contributed by atoms with van der Waals surface area (Å²) >= 11 is 0. The summed E-state index contributed by atoms with van der Waals surface area (Å²) in [6.07, 6.45) is 5.43. The van der Waals surface area contributed by atoms with Gasteiger partial charge in [0.2, 0.25) is 0 Å². The largest absolute Gasteiger partial charge is 0.398 e. The maximum Gasteiger partial charge on any atom is 0.274 e. The van der Waals surface area contributed by atoms with E-state index >= 15 is 0 Å². The number of hydrogen-bond donors (Lipinski definition) is 1. The Morgan fingerprint density at radius 1 is 1.30 bits per heavy atom. The molecular weight excluding hydrogens is 252 g/mol. The molecule has 1 heterocycles. The Morgan fingerprint density at radius 3 is 2.75 bits per heavy atom. The zero-order valence-corrected chi connectivity index (χ0v) is 11.5. The van der Waals surface area contributed by atoms with Crippen molar-refractivity contribution >= 4 is 11.6 Å². The molecular formula is C15H18N4O. The molecule has 2 aromatic rings. The highest BCUT2D eigenvalue weighted by molar-refractivity contribution is 5.92. The van der Waals surface area contributed by atoms with Gasteiger partial charge >= 0.3 is 0 Å². The summed E-state index contributed by atoms with van der Waals surface area (Å²) in [4.78, 5) is 22.2. The first kappa shape index (κ1) is 14.0. The van der Waals surface area contributed by atoms with Crippen LogP contribution >= 0.6 is 0 Å². The van der Waals surface area contributed by atoms with Crippen LogP contribution in [0.25, 0.3) is 0 Å². The van der Waals surface area contributed by atoms with Gasteiger partial charge in [-0.05, 0) is 18.1 Å². The van der Waals surface area contributed by atoms with Gasteiger partial charge in [0.05, 0.1) is 6.20 Å². The molecule has 104 valence electrons. The third-order valence-corrected chi connectivity index (χ3v) is 2.98. The van der Waals surface area contributed by atoms with E-state index < -0.39 is 0 Å². The van der Waals surface area contributed by atoms with Gasteiger partial charge in [-0.1, -0.05) is 25.1 Å². The van der Waals surface area contributed by atoms with Crippen LogP contribution in [-0.2, 0) is 6.54 Å². The fraction of sp³-hybridized carbons (Fsp3) is 0.267. The Hall–Kier alpha value is -2.43.